The first kappa shape index (κ1) is 12.8. The van der Waals surface area contributed by atoms with Gasteiger partial charge < -0.3 is 5.32 Å². The lowest BCUT2D eigenvalue weighted by Gasteiger charge is -2.47. The number of hydrogen-bond donors (Lipinski definition) is 1. The van der Waals surface area contributed by atoms with Crippen LogP contribution in [0.25, 0.3) is 0 Å². The van der Waals surface area contributed by atoms with Gasteiger partial charge in [0.15, 0.2) is 0 Å². The molecule has 0 atom stereocenters. The van der Waals surface area contributed by atoms with Gasteiger partial charge in [-0.2, -0.15) is 0 Å². The number of fused-ring (bicyclic) bond motifs is 3. The molecule has 2 amide bonds. The fraction of sp³-hybridized carbons (Fsp3) is 0.500. The molecule has 3 fully saturated rings. The first-order valence-electron chi connectivity index (χ1n) is 6.73. The summed E-state index contributed by atoms with van der Waals surface area (Å²) in [7, 11) is 0. The van der Waals surface area contributed by atoms with E-state index in [0.717, 1.165) is 30.9 Å². The van der Waals surface area contributed by atoms with E-state index in [1.165, 1.54) is 12.8 Å². The van der Waals surface area contributed by atoms with E-state index in [4.69, 9.17) is 11.6 Å². The van der Waals surface area contributed by atoms with Crippen molar-refractivity contribution in [2.45, 2.75) is 19.8 Å². The number of urea groups is 1. The van der Waals surface area contributed by atoms with Gasteiger partial charge >= 0.3 is 6.03 Å². The highest BCUT2D eigenvalue weighted by molar-refractivity contribution is 6.33. The Kier molecular flexibility index (Phi) is 3.37. The predicted molar refractivity (Wildman–Crippen MR) is 76.2 cm³/mol. The van der Waals surface area contributed by atoms with Crippen LogP contribution in [-0.4, -0.2) is 35.7 Å². The molecule has 0 unspecified atom stereocenters. The fourth-order valence-corrected chi connectivity index (χ4v) is 3.15. The Balaban J connectivity index is 1.75. The molecule has 2 bridgehead atoms. The van der Waals surface area contributed by atoms with Crippen molar-refractivity contribution in [1.82, 2.24) is 10.0 Å². The molecule has 4 nitrogen and oxygen atoms in total. The molecule has 1 aromatic carbocycles. The van der Waals surface area contributed by atoms with Gasteiger partial charge in [-0.3, -0.25) is 5.01 Å². The van der Waals surface area contributed by atoms with Gasteiger partial charge in [-0.15, -0.1) is 0 Å². The Bertz CT molecular complexity index is 477. The zero-order valence-corrected chi connectivity index (χ0v) is 11.8. The summed E-state index contributed by atoms with van der Waals surface area (Å²) < 4.78 is 0. The largest absolute Gasteiger partial charge is 0.336 e. The molecule has 0 aromatic heterocycles. The van der Waals surface area contributed by atoms with Crippen LogP contribution in [0.5, 0.6) is 0 Å². The van der Waals surface area contributed by atoms with E-state index in [0.29, 0.717) is 10.9 Å². The lowest BCUT2D eigenvalue weighted by atomic mass is 9.94. The monoisotopic (exact) mass is 279 g/mol. The fourth-order valence-electron chi connectivity index (χ4n) is 2.88. The second kappa shape index (κ2) is 5.02. The normalized spacial score (nSPS) is 25.5. The summed E-state index contributed by atoms with van der Waals surface area (Å²) in [5, 5.41) is 7.51. The van der Waals surface area contributed by atoms with Crippen molar-refractivity contribution < 1.29 is 4.79 Å². The molecule has 3 heterocycles. The number of aryl methyl sites for hydroxylation is 1. The van der Waals surface area contributed by atoms with Crippen molar-refractivity contribution in [3.05, 3.63) is 28.8 Å². The second-order valence-electron chi connectivity index (χ2n) is 5.34. The molecule has 102 valence electrons. The summed E-state index contributed by atoms with van der Waals surface area (Å²) in [6.45, 7) is 4.75. The van der Waals surface area contributed by atoms with Crippen LogP contribution < -0.4 is 5.32 Å². The molecule has 1 aromatic rings. The second-order valence-corrected chi connectivity index (χ2v) is 5.75. The molecule has 3 saturated heterocycles. The lowest BCUT2D eigenvalue weighted by Crippen LogP contribution is -2.58. The Hall–Kier alpha value is -1.26. The summed E-state index contributed by atoms with van der Waals surface area (Å²) in [5.41, 5.74) is 1.70. The number of benzene rings is 1. The van der Waals surface area contributed by atoms with Crippen LogP contribution >= 0.6 is 11.6 Å². The van der Waals surface area contributed by atoms with Crippen molar-refractivity contribution in [1.29, 1.82) is 0 Å². The zero-order chi connectivity index (χ0) is 13.4. The van der Waals surface area contributed by atoms with Crippen molar-refractivity contribution in [3.8, 4) is 0 Å². The summed E-state index contributed by atoms with van der Waals surface area (Å²) in [4.78, 5) is 12.4. The topological polar surface area (TPSA) is 35.6 Å². The van der Waals surface area contributed by atoms with Crippen molar-refractivity contribution >= 4 is 23.3 Å². The molecule has 0 saturated carbocycles. The number of amides is 2. The molecule has 0 spiro atoms. The van der Waals surface area contributed by atoms with Crippen LogP contribution in [0, 0.1) is 12.8 Å². The number of para-hydroxylation sites is 1. The van der Waals surface area contributed by atoms with E-state index in [1.54, 1.807) is 6.07 Å². The lowest BCUT2D eigenvalue weighted by molar-refractivity contribution is -0.0698. The maximum atomic E-state index is 12.4. The Morgan fingerprint density at radius 1 is 1.37 bits per heavy atom. The minimum absolute atomic E-state index is 0.0689. The van der Waals surface area contributed by atoms with Crippen LogP contribution in [0.4, 0.5) is 10.5 Å². The van der Waals surface area contributed by atoms with E-state index in [-0.39, 0.29) is 6.03 Å². The van der Waals surface area contributed by atoms with Gasteiger partial charge in [-0.05, 0) is 37.3 Å². The first-order chi connectivity index (χ1) is 9.15. The number of carbonyl (C=O) groups is 1. The average Bonchev–Trinajstić information content (AvgIpc) is 2.44. The zero-order valence-electron chi connectivity index (χ0n) is 11.0. The van der Waals surface area contributed by atoms with Crippen LogP contribution in [0.15, 0.2) is 18.2 Å². The van der Waals surface area contributed by atoms with E-state index >= 15 is 0 Å². The molecule has 3 aliphatic heterocycles. The minimum atomic E-state index is -0.0689. The summed E-state index contributed by atoms with van der Waals surface area (Å²) in [5.74, 6) is 0.656. The number of piperidine rings is 1. The molecule has 3 aliphatic rings. The number of rotatable bonds is 1. The molecule has 1 N–H and O–H groups in total. The summed E-state index contributed by atoms with van der Waals surface area (Å²) >= 11 is 6.14. The average molecular weight is 280 g/mol. The van der Waals surface area contributed by atoms with Gasteiger partial charge in [-0.1, -0.05) is 23.7 Å². The molecule has 4 rings (SSSR count). The smallest absolute Gasteiger partial charge is 0.305 e. The number of hydrogen-bond acceptors (Lipinski definition) is 2. The summed E-state index contributed by atoms with van der Waals surface area (Å²) in [6, 6.07) is 5.57. The van der Waals surface area contributed by atoms with E-state index < -0.39 is 0 Å². The highest BCUT2D eigenvalue weighted by Gasteiger charge is 2.34. The van der Waals surface area contributed by atoms with Gasteiger partial charge in [0.2, 0.25) is 0 Å². The number of hydrazine groups is 1. The Labute approximate surface area is 118 Å². The number of halogens is 1. The third kappa shape index (κ3) is 2.42. The maximum absolute atomic E-state index is 12.4. The van der Waals surface area contributed by atoms with Crippen LogP contribution in [0.1, 0.15) is 18.4 Å². The highest BCUT2D eigenvalue weighted by Crippen LogP contribution is 2.29. The van der Waals surface area contributed by atoms with Gasteiger partial charge in [0.1, 0.15) is 0 Å². The van der Waals surface area contributed by atoms with E-state index in [2.05, 4.69) is 10.3 Å². The molecule has 0 aliphatic carbocycles. The molecule has 19 heavy (non-hydrogen) atoms. The Morgan fingerprint density at radius 3 is 2.68 bits per heavy atom. The quantitative estimate of drug-likeness (QED) is 0.857. The molecular formula is C14H18ClN3O. The first-order valence-corrected chi connectivity index (χ1v) is 7.11. The van der Waals surface area contributed by atoms with Gasteiger partial charge in [0, 0.05) is 19.6 Å². The molecule has 0 radical (unpaired) electrons. The molecular weight excluding hydrogens is 262 g/mol. The van der Waals surface area contributed by atoms with E-state index in [9.17, 15) is 4.79 Å². The predicted octanol–water partition coefficient (Wildman–Crippen LogP) is 3.12. The van der Waals surface area contributed by atoms with Gasteiger partial charge in [-0.25, -0.2) is 9.80 Å². The third-order valence-electron chi connectivity index (χ3n) is 4.05. The van der Waals surface area contributed by atoms with Crippen LogP contribution in [0.2, 0.25) is 5.02 Å². The maximum Gasteiger partial charge on any atom is 0.336 e. The van der Waals surface area contributed by atoms with Crippen molar-refractivity contribution in [2.75, 3.05) is 25.0 Å². The van der Waals surface area contributed by atoms with E-state index in [1.807, 2.05) is 24.1 Å². The number of nitrogens with zero attached hydrogens (tertiary/aromatic N) is 2. The summed E-state index contributed by atoms with van der Waals surface area (Å²) in [6.07, 6.45) is 2.41. The minimum Gasteiger partial charge on any atom is -0.305 e. The van der Waals surface area contributed by atoms with Crippen molar-refractivity contribution in [2.24, 2.45) is 5.92 Å². The number of carbonyl (C=O) groups excluding carboxylic acids is 1. The highest BCUT2D eigenvalue weighted by atomic mass is 35.5. The van der Waals surface area contributed by atoms with Gasteiger partial charge in [0.05, 0.1) is 10.7 Å². The molecule has 5 heteroatoms. The third-order valence-corrected chi connectivity index (χ3v) is 4.37. The van der Waals surface area contributed by atoms with Crippen LogP contribution in [0.3, 0.4) is 0 Å². The van der Waals surface area contributed by atoms with Crippen LogP contribution in [-0.2, 0) is 0 Å². The standard InChI is InChI=1S/C14H18ClN3O/c1-10-3-2-4-12(15)13(10)16-14(19)18-9-11-5-7-17(18)8-6-11/h2-4,11H,5-9H2,1H3,(H,16,19). The number of anilines is 1. The Morgan fingerprint density at radius 2 is 2.11 bits per heavy atom. The van der Waals surface area contributed by atoms with Gasteiger partial charge in [0.25, 0.3) is 0 Å². The number of nitrogens with one attached hydrogen (secondary N) is 1. The SMILES string of the molecule is Cc1cccc(Cl)c1NC(=O)N1CC2CCN1CC2. The van der Waals surface area contributed by atoms with Crippen molar-refractivity contribution in [3.63, 3.8) is 0 Å².